The smallest absolute Gasteiger partial charge is 0.243 e. The first-order valence-corrected chi connectivity index (χ1v) is 6.75. The Morgan fingerprint density at radius 1 is 1.50 bits per heavy atom. The van der Waals surface area contributed by atoms with Crippen LogP contribution in [0.1, 0.15) is 26.2 Å². The van der Waals surface area contributed by atoms with Crippen LogP contribution in [-0.4, -0.2) is 65.7 Å². The Morgan fingerprint density at radius 3 is 2.61 bits per heavy atom. The van der Waals surface area contributed by atoms with Crippen LogP contribution in [0.3, 0.4) is 0 Å². The van der Waals surface area contributed by atoms with Crippen molar-refractivity contribution in [3.63, 3.8) is 0 Å². The number of hydrogen-bond donors (Lipinski definition) is 2. The summed E-state index contributed by atoms with van der Waals surface area (Å²) in [6.45, 7) is 3.05. The summed E-state index contributed by atoms with van der Waals surface area (Å²) in [6.07, 6.45) is 2.35. The zero-order valence-corrected chi connectivity index (χ0v) is 11.6. The molecule has 3 atom stereocenters. The number of hydrogen-bond acceptors (Lipinski definition) is 4. The lowest BCUT2D eigenvalue weighted by atomic mass is 9.95. The molecule has 2 fully saturated rings. The number of nitrogens with two attached hydrogens (primary N) is 1. The van der Waals surface area contributed by atoms with Gasteiger partial charge >= 0.3 is 0 Å². The van der Waals surface area contributed by atoms with E-state index in [4.69, 9.17) is 5.73 Å². The van der Waals surface area contributed by atoms with E-state index in [1.54, 1.807) is 4.90 Å². The van der Waals surface area contributed by atoms with E-state index in [1.807, 2.05) is 25.9 Å². The monoisotopic (exact) mass is 255 g/mol. The van der Waals surface area contributed by atoms with Gasteiger partial charge in [0.05, 0.1) is 11.6 Å². The predicted molar refractivity (Wildman–Crippen MR) is 70.0 cm³/mol. The Balaban J connectivity index is 2.07. The number of carbonyl (C=O) groups excluding carboxylic acids is 1. The number of aliphatic hydroxyl groups is 1. The van der Waals surface area contributed by atoms with Crippen molar-refractivity contribution in [2.24, 2.45) is 11.7 Å². The summed E-state index contributed by atoms with van der Waals surface area (Å²) >= 11 is 0. The highest BCUT2D eigenvalue weighted by Crippen LogP contribution is 2.39. The van der Waals surface area contributed by atoms with Crippen molar-refractivity contribution < 1.29 is 9.90 Å². The van der Waals surface area contributed by atoms with Crippen LogP contribution in [0.4, 0.5) is 0 Å². The lowest BCUT2D eigenvalue weighted by Crippen LogP contribution is -2.57. The molecule has 5 heteroatoms. The molecule has 1 saturated heterocycles. The van der Waals surface area contributed by atoms with Gasteiger partial charge in [0.1, 0.15) is 0 Å². The van der Waals surface area contributed by atoms with Crippen molar-refractivity contribution in [2.75, 3.05) is 27.2 Å². The second-order valence-electron chi connectivity index (χ2n) is 6.32. The van der Waals surface area contributed by atoms with E-state index in [9.17, 15) is 9.90 Å². The summed E-state index contributed by atoms with van der Waals surface area (Å²) in [5, 5.41) is 9.80. The molecule has 0 spiro atoms. The minimum atomic E-state index is -0.755. The summed E-state index contributed by atoms with van der Waals surface area (Å²) < 4.78 is 0. The minimum Gasteiger partial charge on any atom is -0.391 e. The molecule has 3 N–H and O–H groups in total. The molecule has 0 bridgehead atoms. The van der Waals surface area contributed by atoms with E-state index in [0.717, 1.165) is 19.4 Å². The molecule has 18 heavy (non-hydrogen) atoms. The molecule has 1 heterocycles. The molecule has 0 radical (unpaired) electrons. The minimum absolute atomic E-state index is 0.00778. The van der Waals surface area contributed by atoms with Crippen LogP contribution in [0, 0.1) is 5.92 Å². The van der Waals surface area contributed by atoms with E-state index in [-0.39, 0.29) is 11.9 Å². The molecule has 2 rings (SSSR count). The van der Waals surface area contributed by atoms with Gasteiger partial charge in [-0.25, -0.2) is 0 Å². The Kier molecular flexibility index (Phi) is 3.67. The molecule has 1 aliphatic heterocycles. The van der Waals surface area contributed by atoms with Crippen molar-refractivity contribution in [3.8, 4) is 0 Å². The molecule has 0 aromatic rings. The van der Waals surface area contributed by atoms with Gasteiger partial charge < -0.3 is 20.6 Å². The Bertz CT molecular complexity index is 326. The summed E-state index contributed by atoms with van der Waals surface area (Å²) in [6, 6.07) is 0.0872. The number of rotatable bonds is 4. The molecule has 3 unspecified atom stereocenters. The van der Waals surface area contributed by atoms with Gasteiger partial charge in [-0.2, -0.15) is 0 Å². The maximum atomic E-state index is 12.6. The van der Waals surface area contributed by atoms with Gasteiger partial charge in [0.25, 0.3) is 0 Å². The number of carbonyl (C=O) groups is 1. The fraction of sp³-hybridized carbons (Fsp3) is 0.923. The van der Waals surface area contributed by atoms with E-state index >= 15 is 0 Å². The molecule has 0 aromatic heterocycles. The largest absolute Gasteiger partial charge is 0.391 e. The normalized spacial score (nSPS) is 31.8. The van der Waals surface area contributed by atoms with E-state index in [1.165, 1.54) is 0 Å². The van der Waals surface area contributed by atoms with E-state index in [2.05, 4.69) is 0 Å². The fourth-order valence-corrected chi connectivity index (χ4v) is 2.90. The number of β-amino-alcohol motifs (C(OH)–C–C–N with tert-alkyl or cyclic N) is 1. The Labute approximate surface area is 109 Å². The maximum absolute atomic E-state index is 12.6. The van der Waals surface area contributed by atoms with Crippen molar-refractivity contribution >= 4 is 5.91 Å². The SMILES string of the molecule is CN(C)CC1CC(O)CN1C(=O)C(C)(N)C1CC1. The quantitative estimate of drug-likeness (QED) is 0.719. The Morgan fingerprint density at radius 2 is 2.11 bits per heavy atom. The molecule has 1 aliphatic carbocycles. The van der Waals surface area contributed by atoms with Gasteiger partial charge in [-0.15, -0.1) is 0 Å². The first-order valence-electron chi connectivity index (χ1n) is 6.75. The van der Waals surface area contributed by atoms with Crippen molar-refractivity contribution in [2.45, 2.75) is 43.9 Å². The van der Waals surface area contributed by atoms with E-state index in [0.29, 0.717) is 18.9 Å². The lowest BCUT2D eigenvalue weighted by molar-refractivity contribution is -0.138. The molecule has 5 nitrogen and oxygen atoms in total. The molecule has 104 valence electrons. The van der Waals surface area contributed by atoms with Gasteiger partial charge in [-0.3, -0.25) is 4.79 Å². The van der Waals surface area contributed by atoms with Crippen LogP contribution in [0.5, 0.6) is 0 Å². The third kappa shape index (κ3) is 2.68. The highest BCUT2D eigenvalue weighted by Gasteiger charge is 2.48. The number of likely N-dealkylation sites (tertiary alicyclic amines) is 1. The third-order valence-electron chi connectivity index (χ3n) is 4.12. The fourth-order valence-electron chi connectivity index (χ4n) is 2.90. The van der Waals surface area contributed by atoms with Gasteiger partial charge in [-0.1, -0.05) is 0 Å². The average molecular weight is 255 g/mol. The van der Waals surface area contributed by atoms with Crippen molar-refractivity contribution in [1.29, 1.82) is 0 Å². The first-order chi connectivity index (χ1) is 8.32. The third-order valence-corrected chi connectivity index (χ3v) is 4.12. The van der Waals surface area contributed by atoms with Gasteiger partial charge in [0.15, 0.2) is 0 Å². The van der Waals surface area contributed by atoms with Crippen LogP contribution < -0.4 is 5.73 Å². The second-order valence-corrected chi connectivity index (χ2v) is 6.32. The van der Waals surface area contributed by atoms with Crippen molar-refractivity contribution in [1.82, 2.24) is 9.80 Å². The lowest BCUT2D eigenvalue weighted by Gasteiger charge is -2.34. The van der Waals surface area contributed by atoms with Crippen LogP contribution in [0.2, 0.25) is 0 Å². The summed E-state index contributed by atoms with van der Waals surface area (Å²) in [5.74, 6) is 0.330. The number of nitrogens with zero attached hydrogens (tertiary/aromatic N) is 2. The van der Waals surface area contributed by atoms with Crippen LogP contribution in [-0.2, 0) is 4.79 Å². The molecular formula is C13H25N3O2. The number of amides is 1. The van der Waals surface area contributed by atoms with E-state index < -0.39 is 11.6 Å². The standard InChI is InChI=1S/C13H25N3O2/c1-13(14,9-4-5-9)12(18)16-8-11(17)6-10(16)7-15(2)3/h9-11,17H,4-8,14H2,1-3H3. The molecule has 1 amide bonds. The van der Waals surface area contributed by atoms with Crippen LogP contribution in [0.25, 0.3) is 0 Å². The van der Waals surface area contributed by atoms with Crippen LogP contribution >= 0.6 is 0 Å². The molecule has 2 aliphatic rings. The maximum Gasteiger partial charge on any atom is 0.243 e. The molecule has 0 aromatic carbocycles. The Hall–Kier alpha value is -0.650. The zero-order chi connectivity index (χ0) is 13.5. The number of likely N-dealkylation sites (N-methyl/N-ethyl adjacent to an activating group) is 1. The highest BCUT2D eigenvalue weighted by atomic mass is 16.3. The topological polar surface area (TPSA) is 69.8 Å². The predicted octanol–water partition coefficient (Wildman–Crippen LogP) is -0.363. The van der Waals surface area contributed by atoms with Crippen LogP contribution in [0.15, 0.2) is 0 Å². The van der Waals surface area contributed by atoms with Gasteiger partial charge in [-0.05, 0) is 46.2 Å². The highest BCUT2D eigenvalue weighted by molar-refractivity contribution is 5.87. The number of aliphatic hydroxyl groups excluding tert-OH is 1. The second kappa shape index (κ2) is 4.79. The summed E-state index contributed by atoms with van der Waals surface area (Å²) in [4.78, 5) is 16.4. The summed E-state index contributed by atoms with van der Waals surface area (Å²) in [5.41, 5.74) is 5.44. The van der Waals surface area contributed by atoms with Crippen molar-refractivity contribution in [3.05, 3.63) is 0 Å². The average Bonchev–Trinajstić information content (AvgIpc) is 3.03. The van der Waals surface area contributed by atoms with Gasteiger partial charge in [0.2, 0.25) is 5.91 Å². The zero-order valence-electron chi connectivity index (χ0n) is 11.6. The van der Waals surface area contributed by atoms with Gasteiger partial charge in [0, 0.05) is 19.1 Å². The first kappa shape index (κ1) is 13.8. The molecular weight excluding hydrogens is 230 g/mol. The molecule has 1 saturated carbocycles. The summed E-state index contributed by atoms with van der Waals surface area (Å²) in [7, 11) is 3.96.